The Morgan fingerprint density at radius 2 is 2.04 bits per heavy atom. The maximum atomic E-state index is 12.2. The monoisotopic (exact) mass is 392 g/mol. The summed E-state index contributed by atoms with van der Waals surface area (Å²) in [5, 5.41) is 1.92. The Hall–Kier alpha value is -1.29. The quantitative estimate of drug-likeness (QED) is 0.867. The third-order valence-electron chi connectivity index (χ3n) is 3.33. The van der Waals surface area contributed by atoms with Crippen LogP contribution >= 0.6 is 22.9 Å². The third-order valence-corrected chi connectivity index (χ3v) is 8.28. The molecular weight excluding hydrogens is 380 g/mol. The van der Waals surface area contributed by atoms with Crippen molar-refractivity contribution >= 4 is 54.4 Å². The average Bonchev–Trinajstić information content (AvgIpc) is 3.10. The fourth-order valence-electron chi connectivity index (χ4n) is 2.30. The van der Waals surface area contributed by atoms with E-state index in [0.29, 0.717) is 13.0 Å². The first-order valence-corrected chi connectivity index (χ1v) is 11.0. The summed E-state index contributed by atoms with van der Waals surface area (Å²) in [7, 11) is -7.09. The van der Waals surface area contributed by atoms with Gasteiger partial charge in [-0.05, 0) is 36.1 Å². The summed E-state index contributed by atoms with van der Waals surface area (Å²) >= 11 is 7.19. The van der Waals surface area contributed by atoms with Crippen molar-refractivity contribution in [3.63, 3.8) is 0 Å². The van der Waals surface area contributed by atoms with Crippen LogP contribution in [0.3, 0.4) is 0 Å². The lowest BCUT2D eigenvalue weighted by Gasteiger charge is -2.19. The summed E-state index contributed by atoms with van der Waals surface area (Å²) < 4.78 is 52.4. The molecule has 10 heteroatoms. The van der Waals surface area contributed by atoms with E-state index >= 15 is 0 Å². The number of sulfonamides is 2. The Morgan fingerprint density at radius 1 is 1.26 bits per heavy atom. The number of thiophene rings is 1. The van der Waals surface area contributed by atoms with Gasteiger partial charge in [-0.1, -0.05) is 17.7 Å². The summed E-state index contributed by atoms with van der Waals surface area (Å²) in [4.78, 5) is 0. The Kier molecular flexibility index (Phi) is 4.30. The van der Waals surface area contributed by atoms with Crippen LogP contribution in [0.25, 0.3) is 0 Å². The third kappa shape index (κ3) is 3.32. The molecule has 0 amide bonds. The van der Waals surface area contributed by atoms with Gasteiger partial charge in [0.2, 0.25) is 10.0 Å². The van der Waals surface area contributed by atoms with E-state index in [2.05, 4.69) is 4.72 Å². The minimum Gasteiger partial charge on any atom is -0.279 e. The van der Waals surface area contributed by atoms with Gasteiger partial charge in [-0.3, -0.25) is 9.03 Å². The second kappa shape index (κ2) is 5.97. The standard InChI is InChI=1S/C13H13ClN2O4S3/c14-11-5-4-10(15-23(19,20)13-3-1-7-21-13)9-12(11)16-6-2-8-22(16,17)18/h1,3-5,7,9,15H,2,6,8H2. The molecule has 124 valence electrons. The molecule has 0 spiro atoms. The molecule has 1 fully saturated rings. The van der Waals surface area contributed by atoms with Gasteiger partial charge in [-0.15, -0.1) is 11.3 Å². The highest BCUT2D eigenvalue weighted by atomic mass is 35.5. The van der Waals surface area contributed by atoms with Crippen LogP contribution in [-0.2, 0) is 20.0 Å². The normalized spacial score (nSPS) is 17.3. The SMILES string of the molecule is O=S(=O)(Nc1ccc(Cl)c(N2CCCS2(=O)=O)c1)c1cccs1. The summed E-state index contributed by atoms with van der Waals surface area (Å²) in [6, 6.07) is 7.56. The lowest BCUT2D eigenvalue weighted by Crippen LogP contribution is -2.25. The number of rotatable bonds is 4. The Morgan fingerprint density at radius 3 is 2.65 bits per heavy atom. The molecular formula is C13H13ClN2O4S3. The molecule has 0 saturated carbocycles. The van der Waals surface area contributed by atoms with Gasteiger partial charge in [0, 0.05) is 6.54 Å². The van der Waals surface area contributed by atoms with Gasteiger partial charge < -0.3 is 0 Å². The lowest BCUT2D eigenvalue weighted by atomic mass is 10.3. The molecule has 1 aromatic carbocycles. The molecule has 2 heterocycles. The van der Waals surface area contributed by atoms with Crippen LogP contribution in [-0.4, -0.2) is 29.1 Å². The van der Waals surface area contributed by atoms with E-state index in [1.807, 2.05) is 0 Å². The van der Waals surface area contributed by atoms with Crippen molar-refractivity contribution in [2.75, 3.05) is 21.3 Å². The zero-order valence-electron chi connectivity index (χ0n) is 11.8. The highest BCUT2D eigenvalue weighted by Gasteiger charge is 2.30. The van der Waals surface area contributed by atoms with Crippen molar-refractivity contribution in [2.45, 2.75) is 10.6 Å². The highest BCUT2D eigenvalue weighted by molar-refractivity contribution is 7.94. The smallest absolute Gasteiger partial charge is 0.271 e. The summed E-state index contributed by atoms with van der Waals surface area (Å²) in [6.45, 7) is 0.336. The number of nitrogens with one attached hydrogen (secondary N) is 1. The molecule has 1 saturated heterocycles. The van der Waals surface area contributed by atoms with E-state index in [1.54, 1.807) is 11.4 Å². The van der Waals surface area contributed by atoms with Crippen LogP contribution in [0.5, 0.6) is 0 Å². The second-order valence-electron chi connectivity index (χ2n) is 4.95. The van der Waals surface area contributed by atoms with Gasteiger partial charge in [0.25, 0.3) is 10.0 Å². The Bertz CT molecular complexity index is 924. The zero-order valence-corrected chi connectivity index (χ0v) is 15.0. The Labute approximate surface area is 143 Å². The molecule has 23 heavy (non-hydrogen) atoms. The molecule has 0 atom stereocenters. The fraction of sp³-hybridized carbons (Fsp3) is 0.231. The topological polar surface area (TPSA) is 83.6 Å². The van der Waals surface area contributed by atoms with E-state index < -0.39 is 20.0 Å². The molecule has 0 bridgehead atoms. The van der Waals surface area contributed by atoms with Crippen molar-refractivity contribution < 1.29 is 16.8 Å². The van der Waals surface area contributed by atoms with Crippen molar-refractivity contribution in [1.29, 1.82) is 0 Å². The van der Waals surface area contributed by atoms with Crippen LogP contribution in [0.2, 0.25) is 5.02 Å². The molecule has 3 rings (SSSR count). The van der Waals surface area contributed by atoms with Gasteiger partial charge in [-0.2, -0.15) is 0 Å². The molecule has 1 N–H and O–H groups in total. The van der Waals surface area contributed by atoms with Crippen LogP contribution < -0.4 is 9.03 Å². The number of halogens is 1. The maximum Gasteiger partial charge on any atom is 0.271 e. The molecule has 1 aliphatic heterocycles. The van der Waals surface area contributed by atoms with Crippen LogP contribution in [0, 0.1) is 0 Å². The first-order valence-electron chi connectivity index (χ1n) is 6.66. The molecule has 2 aromatic rings. The number of nitrogens with zero attached hydrogens (tertiary/aromatic N) is 1. The van der Waals surface area contributed by atoms with Crippen molar-refractivity contribution in [3.8, 4) is 0 Å². The van der Waals surface area contributed by atoms with Crippen LogP contribution in [0.1, 0.15) is 6.42 Å². The first kappa shape index (κ1) is 16.6. The molecule has 0 unspecified atom stereocenters. The highest BCUT2D eigenvalue weighted by Crippen LogP contribution is 2.34. The second-order valence-corrected chi connectivity index (χ2v) is 10.2. The zero-order chi connectivity index (χ0) is 16.7. The van der Waals surface area contributed by atoms with Crippen LogP contribution in [0.15, 0.2) is 39.9 Å². The minimum atomic E-state index is -3.69. The van der Waals surface area contributed by atoms with E-state index in [1.165, 1.54) is 28.6 Å². The van der Waals surface area contributed by atoms with Crippen LogP contribution in [0.4, 0.5) is 11.4 Å². The average molecular weight is 393 g/mol. The number of hydrogen-bond acceptors (Lipinski definition) is 5. The van der Waals surface area contributed by atoms with Gasteiger partial charge in [-0.25, -0.2) is 16.8 Å². The summed E-state index contributed by atoms with van der Waals surface area (Å²) in [6.07, 6.45) is 0.518. The van der Waals surface area contributed by atoms with E-state index in [0.717, 1.165) is 11.3 Å². The number of hydrogen-bond donors (Lipinski definition) is 1. The van der Waals surface area contributed by atoms with E-state index in [9.17, 15) is 16.8 Å². The van der Waals surface area contributed by atoms with Crippen molar-refractivity contribution in [2.24, 2.45) is 0 Å². The number of anilines is 2. The largest absolute Gasteiger partial charge is 0.279 e. The first-order chi connectivity index (χ1) is 10.8. The molecule has 0 radical (unpaired) electrons. The predicted molar refractivity (Wildman–Crippen MR) is 92.3 cm³/mol. The lowest BCUT2D eigenvalue weighted by molar-refractivity contribution is 0.599. The van der Waals surface area contributed by atoms with Gasteiger partial charge in [0.05, 0.1) is 22.2 Å². The van der Waals surface area contributed by atoms with E-state index in [4.69, 9.17) is 11.6 Å². The maximum absolute atomic E-state index is 12.2. The minimum absolute atomic E-state index is 0.0640. The van der Waals surface area contributed by atoms with Crippen molar-refractivity contribution in [3.05, 3.63) is 40.7 Å². The Balaban J connectivity index is 1.95. The summed E-state index contributed by atoms with van der Waals surface area (Å²) in [5.74, 6) is 0.0640. The molecule has 0 aliphatic carbocycles. The number of benzene rings is 1. The van der Waals surface area contributed by atoms with Gasteiger partial charge in [0.15, 0.2) is 0 Å². The van der Waals surface area contributed by atoms with E-state index in [-0.39, 0.29) is 26.4 Å². The molecule has 6 nitrogen and oxygen atoms in total. The molecule has 1 aromatic heterocycles. The molecule has 1 aliphatic rings. The van der Waals surface area contributed by atoms with Gasteiger partial charge >= 0.3 is 0 Å². The van der Waals surface area contributed by atoms with Crippen molar-refractivity contribution in [1.82, 2.24) is 0 Å². The fourth-order valence-corrected chi connectivity index (χ4v) is 6.18. The predicted octanol–water partition coefficient (Wildman–Crippen LogP) is 2.74. The summed E-state index contributed by atoms with van der Waals surface area (Å²) in [5.41, 5.74) is 0.551. The van der Waals surface area contributed by atoms with Gasteiger partial charge in [0.1, 0.15) is 4.21 Å².